The molecule has 2 nitrogen and oxygen atoms in total. The maximum atomic E-state index is 12.4. The molecule has 1 saturated carbocycles. The van der Waals surface area contributed by atoms with Crippen molar-refractivity contribution in [1.29, 1.82) is 0 Å². The first kappa shape index (κ1) is 11.8. The maximum Gasteiger partial charge on any atom is 0.204 e. The van der Waals surface area contributed by atoms with Crippen molar-refractivity contribution in [2.45, 2.75) is 38.2 Å². The SMILES string of the molecule is COC1(C(=O)c2cccs2)CCC(C)CC1. The van der Waals surface area contributed by atoms with Gasteiger partial charge in [0, 0.05) is 7.11 Å². The number of thiophene rings is 1. The molecule has 1 aromatic rings. The van der Waals surface area contributed by atoms with Gasteiger partial charge in [0.15, 0.2) is 0 Å². The van der Waals surface area contributed by atoms with E-state index in [9.17, 15) is 4.79 Å². The van der Waals surface area contributed by atoms with Crippen molar-refractivity contribution in [3.8, 4) is 0 Å². The van der Waals surface area contributed by atoms with E-state index in [2.05, 4.69) is 6.92 Å². The Morgan fingerprint density at radius 3 is 2.69 bits per heavy atom. The fourth-order valence-corrected chi connectivity index (χ4v) is 3.14. The summed E-state index contributed by atoms with van der Waals surface area (Å²) in [5.41, 5.74) is -0.544. The second-order valence-electron chi connectivity index (χ2n) is 4.69. The summed E-state index contributed by atoms with van der Waals surface area (Å²) in [5.74, 6) is 0.899. The Hall–Kier alpha value is -0.670. The molecule has 0 bridgehead atoms. The molecule has 0 amide bonds. The van der Waals surface area contributed by atoms with Crippen LogP contribution in [-0.2, 0) is 4.74 Å². The molecule has 0 aliphatic heterocycles. The molecule has 1 heterocycles. The predicted molar refractivity (Wildman–Crippen MR) is 66.0 cm³/mol. The zero-order valence-corrected chi connectivity index (χ0v) is 10.7. The third-order valence-electron chi connectivity index (χ3n) is 3.63. The van der Waals surface area contributed by atoms with Gasteiger partial charge in [-0.1, -0.05) is 13.0 Å². The molecule has 0 radical (unpaired) electrons. The van der Waals surface area contributed by atoms with Gasteiger partial charge in [-0.05, 0) is 43.0 Å². The quantitative estimate of drug-likeness (QED) is 0.753. The summed E-state index contributed by atoms with van der Waals surface area (Å²) < 4.78 is 5.57. The molecule has 0 spiro atoms. The van der Waals surface area contributed by atoms with Gasteiger partial charge in [-0.2, -0.15) is 0 Å². The maximum absolute atomic E-state index is 12.4. The van der Waals surface area contributed by atoms with E-state index in [-0.39, 0.29) is 5.78 Å². The summed E-state index contributed by atoms with van der Waals surface area (Å²) in [6.45, 7) is 2.25. The lowest BCUT2D eigenvalue weighted by atomic mass is 9.77. The van der Waals surface area contributed by atoms with Gasteiger partial charge >= 0.3 is 0 Å². The van der Waals surface area contributed by atoms with Gasteiger partial charge in [-0.15, -0.1) is 11.3 Å². The minimum absolute atomic E-state index is 0.178. The van der Waals surface area contributed by atoms with E-state index in [1.54, 1.807) is 7.11 Å². The number of Topliss-reactive ketones (excluding diaryl/α,β-unsaturated/α-hetero) is 1. The van der Waals surface area contributed by atoms with Crippen molar-refractivity contribution < 1.29 is 9.53 Å². The third kappa shape index (κ3) is 2.06. The average Bonchev–Trinajstić information content (AvgIpc) is 2.83. The van der Waals surface area contributed by atoms with Crippen LogP contribution in [0, 0.1) is 5.92 Å². The van der Waals surface area contributed by atoms with E-state index < -0.39 is 5.60 Å². The highest BCUT2D eigenvalue weighted by Gasteiger charge is 2.41. The van der Waals surface area contributed by atoms with Gasteiger partial charge in [0.1, 0.15) is 5.60 Å². The number of ether oxygens (including phenoxy) is 1. The summed E-state index contributed by atoms with van der Waals surface area (Å²) in [7, 11) is 1.67. The first-order valence-corrected chi connectivity index (χ1v) is 6.69. The van der Waals surface area contributed by atoms with Gasteiger partial charge < -0.3 is 4.74 Å². The lowest BCUT2D eigenvalue weighted by molar-refractivity contribution is -0.0260. The van der Waals surface area contributed by atoms with Crippen LogP contribution < -0.4 is 0 Å². The molecular weight excluding hydrogens is 220 g/mol. The van der Waals surface area contributed by atoms with Crippen LogP contribution in [0.5, 0.6) is 0 Å². The smallest absolute Gasteiger partial charge is 0.204 e. The first-order valence-electron chi connectivity index (χ1n) is 5.81. The van der Waals surface area contributed by atoms with Crippen molar-refractivity contribution in [1.82, 2.24) is 0 Å². The van der Waals surface area contributed by atoms with Gasteiger partial charge in [0.25, 0.3) is 0 Å². The van der Waals surface area contributed by atoms with Crippen molar-refractivity contribution >= 4 is 17.1 Å². The van der Waals surface area contributed by atoms with Crippen LogP contribution in [0.15, 0.2) is 17.5 Å². The summed E-state index contributed by atoms with van der Waals surface area (Å²) >= 11 is 1.51. The molecule has 3 heteroatoms. The van der Waals surface area contributed by atoms with Gasteiger partial charge in [0.05, 0.1) is 4.88 Å². The number of carbonyl (C=O) groups excluding carboxylic acids is 1. The summed E-state index contributed by atoms with van der Waals surface area (Å²) in [6, 6.07) is 3.82. The first-order chi connectivity index (χ1) is 7.68. The second-order valence-corrected chi connectivity index (χ2v) is 5.64. The van der Waals surface area contributed by atoms with Crippen LogP contribution in [0.4, 0.5) is 0 Å². The van der Waals surface area contributed by atoms with Crippen LogP contribution in [0.3, 0.4) is 0 Å². The van der Waals surface area contributed by atoms with Crippen molar-refractivity contribution in [3.63, 3.8) is 0 Å². The summed E-state index contributed by atoms with van der Waals surface area (Å²) in [5, 5.41) is 1.95. The lowest BCUT2D eigenvalue weighted by Gasteiger charge is -2.36. The van der Waals surface area contributed by atoms with Crippen LogP contribution in [0.25, 0.3) is 0 Å². The van der Waals surface area contributed by atoms with Crippen molar-refractivity contribution in [3.05, 3.63) is 22.4 Å². The third-order valence-corrected chi connectivity index (χ3v) is 4.50. The van der Waals surface area contributed by atoms with Crippen LogP contribution >= 0.6 is 11.3 Å². The monoisotopic (exact) mass is 238 g/mol. The van der Waals surface area contributed by atoms with E-state index in [0.29, 0.717) is 0 Å². The summed E-state index contributed by atoms with van der Waals surface area (Å²) in [6.07, 6.45) is 3.90. The number of hydrogen-bond acceptors (Lipinski definition) is 3. The molecule has 1 aliphatic carbocycles. The number of rotatable bonds is 3. The predicted octanol–water partition coefficient (Wildman–Crippen LogP) is 3.53. The van der Waals surface area contributed by atoms with E-state index in [1.807, 2.05) is 17.5 Å². The Morgan fingerprint density at radius 1 is 1.50 bits per heavy atom. The molecule has 0 aromatic carbocycles. The molecule has 2 rings (SSSR count). The molecular formula is C13H18O2S. The van der Waals surface area contributed by atoms with Crippen molar-refractivity contribution in [2.24, 2.45) is 5.92 Å². The summed E-state index contributed by atoms with van der Waals surface area (Å²) in [4.78, 5) is 13.2. The molecule has 88 valence electrons. The number of carbonyl (C=O) groups is 1. The molecule has 16 heavy (non-hydrogen) atoms. The van der Waals surface area contributed by atoms with Gasteiger partial charge in [-0.3, -0.25) is 4.79 Å². The Balaban J connectivity index is 2.19. The Kier molecular flexibility index (Phi) is 3.45. The number of hydrogen-bond donors (Lipinski definition) is 0. The largest absolute Gasteiger partial charge is 0.370 e. The minimum atomic E-state index is -0.544. The van der Waals surface area contributed by atoms with E-state index in [4.69, 9.17) is 4.74 Å². The van der Waals surface area contributed by atoms with Crippen LogP contribution in [-0.4, -0.2) is 18.5 Å². The van der Waals surface area contributed by atoms with Crippen molar-refractivity contribution in [2.75, 3.05) is 7.11 Å². The van der Waals surface area contributed by atoms with Gasteiger partial charge in [0.2, 0.25) is 5.78 Å². The van der Waals surface area contributed by atoms with E-state index >= 15 is 0 Å². The molecule has 1 aliphatic rings. The fraction of sp³-hybridized carbons (Fsp3) is 0.615. The average molecular weight is 238 g/mol. The highest BCUT2D eigenvalue weighted by Crippen LogP contribution is 2.37. The second kappa shape index (κ2) is 4.68. The molecule has 0 unspecified atom stereocenters. The molecule has 0 atom stereocenters. The Labute approximate surface area is 101 Å². The van der Waals surface area contributed by atoms with Crippen LogP contribution in [0.2, 0.25) is 0 Å². The minimum Gasteiger partial charge on any atom is -0.370 e. The molecule has 1 fully saturated rings. The van der Waals surface area contributed by atoms with Gasteiger partial charge in [-0.25, -0.2) is 0 Å². The standard InChI is InChI=1S/C13H18O2S/c1-10-5-7-13(15-2,8-6-10)12(14)11-4-3-9-16-11/h3-4,9-10H,5-8H2,1-2H3. The number of ketones is 1. The fourth-order valence-electron chi connectivity index (χ4n) is 2.38. The zero-order valence-electron chi connectivity index (χ0n) is 9.86. The van der Waals surface area contributed by atoms with E-state index in [1.165, 1.54) is 11.3 Å². The normalized spacial score (nSPS) is 30.2. The highest BCUT2D eigenvalue weighted by molar-refractivity contribution is 7.12. The van der Waals surface area contributed by atoms with E-state index in [0.717, 1.165) is 36.5 Å². The topological polar surface area (TPSA) is 26.3 Å². The molecule has 0 N–H and O–H groups in total. The lowest BCUT2D eigenvalue weighted by Crippen LogP contribution is -2.43. The Morgan fingerprint density at radius 2 is 2.19 bits per heavy atom. The number of methoxy groups -OCH3 is 1. The highest BCUT2D eigenvalue weighted by atomic mass is 32.1. The molecule has 0 saturated heterocycles. The van der Waals surface area contributed by atoms with Crippen LogP contribution in [0.1, 0.15) is 42.3 Å². The Bertz CT molecular complexity index is 348. The zero-order chi connectivity index (χ0) is 11.6. The molecule has 1 aromatic heterocycles.